The highest BCUT2D eigenvalue weighted by Gasteiger charge is 2.15. The lowest BCUT2D eigenvalue weighted by molar-refractivity contribution is 0.103. The topological polar surface area (TPSA) is 50.1 Å². The molecule has 0 fully saturated rings. The molecule has 0 aliphatic rings. The van der Waals surface area contributed by atoms with Gasteiger partial charge in [-0.1, -0.05) is 24.3 Å². The molecule has 0 aromatic heterocycles. The first-order chi connectivity index (χ1) is 10.7. The van der Waals surface area contributed by atoms with Gasteiger partial charge in [-0.25, -0.2) is 4.39 Å². The summed E-state index contributed by atoms with van der Waals surface area (Å²) in [5.74, 6) is -0.562. The minimum Gasteiger partial charge on any atom is -0.494 e. The second-order valence-electron chi connectivity index (χ2n) is 4.48. The lowest BCUT2D eigenvalue weighted by Crippen LogP contribution is -2.04. The largest absolute Gasteiger partial charge is 0.494 e. The third kappa shape index (κ3) is 3.58. The predicted molar refractivity (Wildman–Crippen MR) is 81.9 cm³/mol. The SMILES string of the molecule is CCOc1ccc(/C=C(\C#N)C(=O)c2ccccc2F)cc1. The quantitative estimate of drug-likeness (QED) is 0.475. The number of hydrogen-bond donors (Lipinski definition) is 0. The van der Waals surface area contributed by atoms with Crippen LogP contribution in [0.2, 0.25) is 0 Å². The van der Waals surface area contributed by atoms with Crippen molar-refractivity contribution >= 4 is 11.9 Å². The number of carbonyl (C=O) groups is 1. The van der Waals surface area contributed by atoms with Crippen LogP contribution in [0.25, 0.3) is 6.08 Å². The lowest BCUT2D eigenvalue weighted by atomic mass is 10.0. The van der Waals surface area contributed by atoms with Crippen molar-refractivity contribution in [2.24, 2.45) is 0 Å². The summed E-state index contributed by atoms with van der Waals surface area (Å²) in [5.41, 5.74) is 0.445. The van der Waals surface area contributed by atoms with Crippen LogP contribution in [0.5, 0.6) is 5.75 Å². The van der Waals surface area contributed by atoms with Gasteiger partial charge in [0.15, 0.2) is 0 Å². The Bertz CT molecular complexity index is 742. The van der Waals surface area contributed by atoms with Gasteiger partial charge in [0, 0.05) is 0 Å². The first-order valence-electron chi connectivity index (χ1n) is 6.79. The Morgan fingerprint density at radius 2 is 1.91 bits per heavy atom. The number of nitrogens with zero attached hydrogens (tertiary/aromatic N) is 1. The van der Waals surface area contributed by atoms with Crippen LogP contribution in [0.3, 0.4) is 0 Å². The van der Waals surface area contributed by atoms with Gasteiger partial charge in [0.2, 0.25) is 5.78 Å². The molecule has 110 valence electrons. The zero-order valence-electron chi connectivity index (χ0n) is 12.0. The number of allylic oxidation sites excluding steroid dienone is 1. The van der Waals surface area contributed by atoms with Gasteiger partial charge >= 0.3 is 0 Å². The normalized spacial score (nSPS) is 10.9. The highest BCUT2D eigenvalue weighted by molar-refractivity contribution is 6.14. The lowest BCUT2D eigenvalue weighted by Gasteiger charge is -2.03. The molecule has 0 N–H and O–H groups in total. The Morgan fingerprint density at radius 1 is 1.23 bits per heavy atom. The maximum absolute atomic E-state index is 13.6. The highest BCUT2D eigenvalue weighted by atomic mass is 19.1. The summed E-state index contributed by atoms with van der Waals surface area (Å²) >= 11 is 0. The Kier molecular flexibility index (Phi) is 5.05. The molecule has 22 heavy (non-hydrogen) atoms. The summed E-state index contributed by atoms with van der Waals surface area (Å²) in [6.45, 7) is 2.44. The third-order valence-electron chi connectivity index (χ3n) is 2.99. The maximum Gasteiger partial charge on any atom is 0.206 e. The number of ether oxygens (including phenoxy) is 1. The van der Waals surface area contributed by atoms with Gasteiger partial charge in [-0.2, -0.15) is 5.26 Å². The fourth-order valence-electron chi connectivity index (χ4n) is 1.93. The van der Waals surface area contributed by atoms with Crippen LogP contribution in [0.4, 0.5) is 4.39 Å². The Balaban J connectivity index is 2.29. The number of Topliss-reactive ketones (excluding diaryl/α,β-unsaturated/α-hetero) is 1. The molecule has 2 aromatic carbocycles. The van der Waals surface area contributed by atoms with Crippen molar-refractivity contribution in [3.05, 3.63) is 71.0 Å². The van der Waals surface area contributed by atoms with Crippen molar-refractivity contribution < 1.29 is 13.9 Å². The fraction of sp³-hybridized carbons (Fsp3) is 0.111. The average Bonchev–Trinajstić information content (AvgIpc) is 2.54. The molecule has 4 heteroatoms. The summed E-state index contributed by atoms with van der Waals surface area (Å²) in [6.07, 6.45) is 1.44. The number of nitriles is 1. The molecule has 3 nitrogen and oxygen atoms in total. The molecule has 0 atom stereocenters. The van der Waals surface area contributed by atoms with Crippen molar-refractivity contribution in [1.29, 1.82) is 5.26 Å². The zero-order chi connectivity index (χ0) is 15.9. The van der Waals surface area contributed by atoms with Crippen LogP contribution in [-0.2, 0) is 0 Å². The van der Waals surface area contributed by atoms with Gasteiger partial charge in [0.1, 0.15) is 23.2 Å². The standard InChI is InChI=1S/C18H14FNO2/c1-2-22-15-9-7-13(8-10-15)11-14(12-20)18(21)16-5-3-4-6-17(16)19/h3-11H,2H2,1H3/b14-11+. The molecule has 2 rings (SSSR count). The smallest absolute Gasteiger partial charge is 0.206 e. The predicted octanol–water partition coefficient (Wildman–Crippen LogP) is 4.01. The highest BCUT2D eigenvalue weighted by Crippen LogP contribution is 2.17. The average molecular weight is 295 g/mol. The van der Waals surface area contributed by atoms with E-state index in [4.69, 9.17) is 10.00 Å². The molecule has 2 aromatic rings. The van der Waals surface area contributed by atoms with E-state index in [1.54, 1.807) is 30.3 Å². The molecule has 0 bridgehead atoms. The van der Waals surface area contributed by atoms with Gasteiger partial charge in [-0.15, -0.1) is 0 Å². The number of benzene rings is 2. The van der Waals surface area contributed by atoms with Crippen molar-refractivity contribution in [3.63, 3.8) is 0 Å². The molecule has 0 aliphatic carbocycles. The first-order valence-corrected chi connectivity index (χ1v) is 6.79. The summed E-state index contributed by atoms with van der Waals surface area (Å²) < 4.78 is 19.0. The minimum atomic E-state index is -0.639. The molecule has 0 saturated heterocycles. The van der Waals surface area contributed by atoms with Crippen LogP contribution in [-0.4, -0.2) is 12.4 Å². The Labute approximate surface area is 128 Å². The van der Waals surface area contributed by atoms with Gasteiger partial charge in [0.25, 0.3) is 0 Å². The summed E-state index contributed by atoms with van der Waals surface area (Å²) in [4.78, 5) is 12.2. The van der Waals surface area contributed by atoms with Crippen LogP contribution >= 0.6 is 0 Å². The monoisotopic (exact) mass is 295 g/mol. The van der Waals surface area contributed by atoms with Crippen LogP contribution in [0.15, 0.2) is 54.1 Å². The van der Waals surface area contributed by atoms with Gasteiger partial charge in [-0.05, 0) is 42.8 Å². The van der Waals surface area contributed by atoms with E-state index in [2.05, 4.69) is 0 Å². The van der Waals surface area contributed by atoms with Gasteiger partial charge < -0.3 is 4.74 Å². The van der Waals surface area contributed by atoms with E-state index < -0.39 is 11.6 Å². The molecule has 0 saturated carbocycles. The van der Waals surface area contributed by atoms with E-state index in [0.29, 0.717) is 17.9 Å². The summed E-state index contributed by atoms with van der Waals surface area (Å²) in [7, 11) is 0. The van der Waals surface area contributed by atoms with E-state index in [-0.39, 0.29) is 11.1 Å². The van der Waals surface area contributed by atoms with Crippen molar-refractivity contribution in [1.82, 2.24) is 0 Å². The number of halogens is 1. The second kappa shape index (κ2) is 7.19. The number of hydrogen-bond acceptors (Lipinski definition) is 3. The Hall–Kier alpha value is -2.93. The van der Waals surface area contributed by atoms with E-state index in [0.717, 1.165) is 0 Å². The first kappa shape index (κ1) is 15.5. The molecule has 0 radical (unpaired) electrons. The Morgan fingerprint density at radius 3 is 2.50 bits per heavy atom. The third-order valence-corrected chi connectivity index (χ3v) is 2.99. The maximum atomic E-state index is 13.6. The van der Waals surface area contributed by atoms with Gasteiger partial charge in [-0.3, -0.25) is 4.79 Å². The minimum absolute atomic E-state index is 0.110. The summed E-state index contributed by atoms with van der Waals surface area (Å²) in [5, 5.41) is 9.16. The molecule has 0 spiro atoms. The summed E-state index contributed by atoms with van der Waals surface area (Å²) in [6, 6.07) is 14.4. The molecule has 0 heterocycles. The number of carbonyl (C=O) groups excluding carboxylic acids is 1. The van der Waals surface area contributed by atoms with E-state index >= 15 is 0 Å². The molecular formula is C18H14FNO2. The molecule has 0 amide bonds. The van der Waals surface area contributed by atoms with Crippen LogP contribution in [0, 0.1) is 17.1 Å². The zero-order valence-corrected chi connectivity index (χ0v) is 12.0. The van der Waals surface area contributed by atoms with E-state index in [1.165, 1.54) is 24.3 Å². The number of rotatable bonds is 5. The molecular weight excluding hydrogens is 281 g/mol. The van der Waals surface area contributed by atoms with E-state index in [9.17, 15) is 9.18 Å². The fourth-order valence-corrected chi connectivity index (χ4v) is 1.93. The van der Waals surface area contributed by atoms with Crippen molar-refractivity contribution in [2.75, 3.05) is 6.61 Å². The van der Waals surface area contributed by atoms with Crippen molar-refractivity contribution in [3.8, 4) is 11.8 Å². The van der Waals surface area contributed by atoms with E-state index in [1.807, 2.05) is 13.0 Å². The van der Waals surface area contributed by atoms with Gasteiger partial charge in [0.05, 0.1) is 12.2 Å². The second-order valence-corrected chi connectivity index (χ2v) is 4.48. The molecule has 0 unspecified atom stereocenters. The van der Waals surface area contributed by atoms with Crippen LogP contribution in [0.1, 0.15) is 22.8 Å². The number of ketones is 1. The molecule has 0 aliphatic heterocycles. The van der Waals surface area contributed by atoms with Crippen molar-refractivity contribution in [2.45, 2.75) is 6.92 Å². The van der Waals surface area contributed by atoms with Crippen LogP contribution < -0.4 is 4.74 Å².